The Labute approximate surface area is 136 Å². The lowest BCUT2D eigenvalue weighted by atomic mass is 10.1. The first-order valence-electron chi connectivity index (χ1n) is 6.65. The SMILES string of the molecule is CNc1nc2cc(Cl)c(Cl)cc2n1[C@@H]1O[C@@H](CO)[C@H](O)[C@H]1O. The van der Waals surface area contributed by atoms with Crippen molar-refractivity contribution in [2.75, 3.05) is 19.0 Å². The predicted molar refractivity (Wildman–Crippen MR) is 82.3 cm³/mol. The van der Waals surface area contributed by atoms with Crippen molar-refractivity contribution in [1.82, 2.24) is 9.55 Å². The van der Waals surface area contributed by atoms with E-state index >= 15 is 0 Å². The quantitative estimate of drug-likeness (QED) is 0.660. The minimum atomic E-state index is -1.21. The van der Waals surface area contributed by atoms with E-state index in [2.05, 4.69) is 10.3 Å². The number of hydrogen-bond acceptors (Lipinski definition) is 6. The van der Waals surface area contributed by atoms with Crippen molar-refractivity contribution in [2.45, 2.75) is 24.5 Å². The number of nitrogens with zero attached hydrogens (tertiary/aromatic N) is 2. The smallest absolute Gasteiger partial charge is 0.205 e. The highest BCUT2D eigenvalue weighted by Crippen LogP contribution is 2.37. The zero-order valence-electron chi connectivity index (χ0n) is 11.6. The highest BCUT2D eigenvalue weighted by Gasteiger charge is 2.44. The number of rotatable bonds is 3. The molecule has 1 aromatic heterocycles. The normalized spacial score (nSPS) is 28.5. The molecule has 1 aromatic carbocycles. The van der Waals surface area contributed by atoms with Gasteiger partial charge in [0.1, 0.15) is 18.3 Å². The Morgan fingerprint density at radius 1 is 1.27 bits per heavy atom. The number of aliphatic hydroxyl groups excluding tert-OH is 3. The third-order valence-corrected chi connectivity index (χ3v) is 4.45. The molecule has 1 aliphatic heterocycles. The van der Waals surface area contributed by atoms with Gasteiger partial charge < -0.3 is 25.4 Å². The molecule has 0 radical (unpaired) electrons. The Morgan fingerprint density at radius 2 is 1.95 bits per heavy atom. The van der Waals surface area contributed by atoms with Crippen LogP contribution in [0.15, 0.2) is 12.1 Å². The molecule has 22 heavy (non-hydrogen) atoms. The maximum absolute atomic E-state index is 10.2. The summed E-state index contributed by atoms with van der Waals surface area (Å²) < 4.78 is 7.14. The largest absolute Gasteiger partial charge is 0.394 e. The van der Waals surface area contributed by atoms with Crippen LogP contribution in [-0.4, -0.2) is 56.8 Å². The van der Waals surface area contributed by atoms with Gasteiger partial charge in [-0.2, -0.15) is 0 Å². The van der Waals surface area contributed by atoms with Crippen molar-refractivity contribution >= 4 is 40.2 Å². The van der Waals surface area contributed by atoms with Crippen LogP contribution in [0.3, 0.4) is 0 Å². The molecule has 4 atom stereocenters. The summed E-state index contributed by atoms with van der Waals surface area (Å²) in [4.78, 5) is 4.36. The molecule has 0 unspecified atom stereocenters. The van der Waals surface area contributed by atoms with E-state index in [1.807, 2.05) is 0 Å². The van der Waals surface area contributed by atoms with Crippen LogP contribution in [0.25, 0.3) is 11.0 Å². The van der Waals surface area contributed by atoms with Crippen molar-refractivity contribution in [1.29, 1.82) is 0 Å². The average Bonchev–Trinajstić information content (AvgIpc) is 2.98. The van der Waals surface area contributed by atoms with E-state index in [4.69, 9.17) is 27.9 Å². The van der Waals surface area contributed by atoms with Gasteiger partial charge in [0.05, 0.1) is 27.7 Å². The number of anilines is 1. The topological polar surface area (TPSA) is 99.8 Å². The van der Waals surface area contributed by atoms with E-state index < -0.39 is 31.1 Å². The van der Waals surface area contributed by atoms with Crippen LogP contribution in [0.2, 0.25) is 10.0 Å². The molecule has 9 heteroatoms. The third kappa shape index (κ3) is 2.34. The van der Waals surface area contributed by atoms with Crippen LogP contribution in [0.5, 0.6) is 0 Å². The lowest BCUT2D eigenvalue weighted by molar-refractivity contribution is -0.0499. The number of halogens is 2. The van der Waals surface area contributed by atoms with Gasteiger partial charge in [0.25, 0.3) is 0 Å². The Bertz CT molecular complexity index is 708. The molecule has 1 saturated heterocycles. The molecule has 0 bridgehead atoms. The summed E-state index contributed by atoms with van der Waals surface area (Å²) in [6.07, 6.45) is -4.18. The number of benzene rings is 1. The first-order chi connectivity index (χ1) is 10.5. The van der Waals surface area contributed by atoms with Gasteiger partial charge in [-0.25, -0.2) is 4.98 Å². The van der Waals surface area contributed by atoms with E-state index in [1.54, 1.807) is 23.7 Å². The Hall–Kier alpha value is -1.09. The van der Waals surface area contributed by atoms with Gasteiger partial charge in [-0.15, -0.1) is 0 Å². The van der Waals surface area contributed by atoms with Crippen LogP contribution in [-0.2, 0) is 4.74 Å². The molecule has 0 saturated carbocycles. The van der Waals surface area contributed by atoms with Crippen molar-refractivity contribution in [3.05, 3.63) is 22.2 Å². The standard InChI is InChI=1S/C13H15Cl2N3O4/c1-16-13-17-7-2-5(14)6(15)3-8(7)18(13)12-11(21)10(20)9(4-19)22-12/h2-3,9-12,19-21H,4H2,1H3,(H,16,17)/t9-,10-,11+,12+/m0/s1. The molecule has 4 N–H and O–H groups in total. The molecule has 1 fully saturated rings. The molecule has 0 aliphatic carbocycles. The van der Waals surface area contributed by atoms with Gasteiger partial charge in [-0.1, -0.05) is 23.2 Å². The molecule has 0 amide bonds. The lowest BCUT2D eigenvalue weighted by Gasteiger charge is -2.19. The number of ether oxygens (including phenoxy) is 1. The van der Waals surface area contributed by atoms with Gasteiger partial charge >= 0.3 is 0 Å². The number of fused-ring (bicyclic) bond motifs is 1. The fourth-order valence-electron chi connectivity index (χ4n) is 2.62. The van der Waals surface area contributed by atoms with Gasteiger partial charge in [0, 0.05) is 7.05 Å². The molecular weight excluding hydrogens is 333 g/mol. The molecule has 2 heterocycles. The van der Waals surface area contributed by atoms with Gasteiger partial charge in [-0.3, -0.25) is 4.57 Å². The summed E-state index contributed by atoms with van der Waals surface area (Å²) in [6.45, 7) is -0.400. The summed E-state index contributed by atoms with van der Waals surface area (Å²) in [5.41, 5.74) is 1.16. The molecule has 7 nitrogen and oxygen atoms in total. The number of aromatic nitrogens is 2. The van der Waals surface area contributed by atoms with Gasteiger partial charge in [0.2, 0.25) is 5.95 Å². The van der Waals surface area contributed by atoms with Crippen LogP contribution < -0.4 is 5.32 Å². The molecular formula is C13H15Cl2N3O4. The summed E-state index contributed by atoms with van der Waals surface area (Å²) in [6, 6.07) is 3.22. The van der Waals surface area contributed by atoms with Crippen LogP contribution in [0.4, 0.5) is 5.95 Å². The predicted octanol–water partition coefficient (Wildman–Crippen LogP) is 0.996. The van der Waals surface area contributed by atoms with Crippen molar-refractivity contribution < 1.29 is 20.1 Å². The Morgan fingerprint density at radius 3 is 2.55 bits per heavy atom. The van der Waals surface area contributed by atoms with E-state index in [1.165, 1.54) is 0 Å². The Balaban J connectivity index is 2.15. The summed E-state index contributed by atoms with van der Waals surface area (Å²) in [7, 11) is 1.67. The van der Waals surface area contributed by atoms with E-state index in [0.29, 0.717) is 27.0 Å². The van der Waals surface area contributed by atoms with Gasteiger partial charge in [0.15, 0.2) is 6.23 Å². The number of imidazole rings is 1. The second kappa shape index (κ2) is 5.84. The summed E-state index contributed by atoms with van der Waals surface area (Å²) in [5, 5.41) is 33.0. The molecule has 2 aromatic rings. The molecule has 0 spiro atoms. The zero-order chi connectivity index (χ0) is 16.0. The van der Waals surface area contributed by atoms with Crippen molar-refractivity contribution in [3.8, 4) is 0 Å². The number of hydrogen-bond donors (Lipinski definition) is 4. The minimum absolute atomic E-state index is 0.338. The highest BCUT2D eigenvalue weighted by atomic mass is 35.5. The maximum Gasteiger partial charge on any atom is 0.205 e. The zero-order valence-corrected chi connectivity index (χ0v) is 13.1. The first kappa shape index (κ1) is 15.8. The number of nitrogens with one attached hydrogen (secondary N) is 1. The first-order valence-corrected chi connectivity index (χ1v) is 7.40. The van der Waals surface area contributed by atoms with Gasteiger partial charge in [-0.05, 0) is 12.1 Å². The fraction of sp³-hybridized carbons (Fsp3) is 0.462. The molecule has 3 rings (SSSR count). The maximum atomic E-state index is 10.2. The van der Waals surface area contributed by atoms with Crippen LogP contribution >= 0.6 is 23.2 Å². The third-order valence-electron chi connectivity index (χ3n) is 3.73. The van der Waals surface area contributed by atoms with E-state index in [0.717, 1.165) is 0 Å². The van der Waals surface area contributed by atoms with E-state index in [-0.39, 0.29) is 0 Å². The summed E-state index contributed by atoms with van der Waals surface area (Å²) in [5.74, 6) is 0.420. The average molecular weight is 348 g/mol. The minimum Gasteiger partial charge on any atom is -0.394 e. The van der Waals surface area contributed by atoms with Crippen LogP contribution in [0.1, 0.15) is 6.23 Å². The lowest BCUT2D eigenvalue weighted by Crippen LogP contribution is -2.33. The molecule has 120 valence electrons. The molecule has 1 aliphatic rings. The van der Waals surface area contributed by atoms with Crippen molar-refractivity contribution in [2.24, 2.45) is 0 Å². The highest BCUT2D eigenvalue weighted by molar-refractivity contribution is 6.42. The van der Waals surface area contributed by atoms with E-state index in [9.17, 15) is 15.3 Å². The van der Waals surface area contributed by atoms with Crippen LogP contribution in [0, 0.1) is 0 Å². The second-order valence-electron chi connectivity index (χ2n) is 5.04. The monoisotopic (exact) mass is 347 g/mol. The van der Waals surface area contributed by atoms with Crippen molar-refractivity contribution in [3.63, 3.8) is 0 Å². The summed E-state index contributed by atoms with van der Waals surface area (Å²) >= 11 is 12.0. The fourth-order valence-corrected chi connectivity index (χ4v) is 2.93. The number of aliphatic hydroxyl groups is 3. The Kier molecular flexibility index (Phi) is 4.19. The second-order valence-corrected chi connectivity index (χ2v) is 5.85.